The molecule has 0 radical (unpaired) electrons. The lowest BCUT2D eigenvalue weighted by atomic mass is 9.99. The van der Waals surface area contributed by atoms with Gasteiger partial charge in [-0.2, -0.15) is 5.10 Å². The topological polar surface area (TPSA) is 29.9 Å². The fourth-order valence-electron chi connectivity index (χ4n) is 2.08. The molecule has 1 fully saturated rings. The molecule has 0 amide bonds. The van der Waals surface area contributed by atoms with Crippen LogP contribution >= 0.6 is 11.6 Å². The summed E-state index contributed by atoms with van der Waals surface area (Å²) in [5, 5.41) is 8.49. The fourth-order valence-corrected chi connectivity index (χ4v) is 2.33. The molecule has 2 heterocycles. The minimum atomic E-state index is 0.732. The molecule has 78 valence electrons. The van der Waals surface area contributed by atoms with Crippen LogP contribution in [0, 0.1) is 12.8 Å². The molecule has 0 spiro atoms. The van der Waals surface area contributed by atoms with Crippen molar-refractivity contribution in [2.75, 3.05) is 13.1 Å². The van der Waals surface area contributed by atoms with Gasteiger partial charge in [0.1, 0.15) is 5.15 Å². The zero-order chi connectivity index (χ0) is 10.1. The van der Waals surface area contributed by atoms with Gasteiger partial charge in [0.15, 0.2) is 0 Å². The minimum absolute atomic E-state index is 0.732. The van der Waals surface area contributed by atoms with Crippen LogP contribution in [0.5, 0.6) is 0 Å². The quantitative estimate of drug-likeness (QED) is 0.808. The van der Waals surface area contributed by atoms with E-state index >= 15 is 0 Å². The molecule has 1 saturated heterocycles. The molecule has 0 saturated carbocycles. The van der Waals surface area contributed by atoms with E-state index in [1.165, 1.54) is 12.0 Å². The molecule has 0 aliphatic carbocycles. The second kappa shape index (κ2) is 3.91. The SMILES string of the molecule is Cc1nn(C)c(Cl)c1CC1CCNC1. The highest BCUT2D eigenvalue weighted by molar-refractivity contribution is 6.30. The van der Waals surface area contributed by atoms with Crippen molar-refractivity contribution in [1.29, 1.82) is 0 Å². The number of rotatable bonds is 2. The average Bonchev–Trinajstić information content (AvgIpc) is 2.71. The Balaban J connectivity index is 2.14. The van der Waals surface area contributed by atoms with Crippen molar-refractivity contribution in [1.82, 2.24) is 15.1 Å². The monoisotopic (exact) mass is 213 g/mol. The molecule has 1 N–H and O–H groups in total. The Morgan fingerprint density at radius 1 is 1.64 bits per heavy atom. The summed E-state index contributed by atoms with van der Waals surface area (Å²) < 4.78 is 1.76. The molecule has 1 aromatic rings. The Morgan fingerprint density at radius 2 is 2.43 bits per heavy atom. The van der Waals surface area contributed by atoms with E-state index < -0.39 is 0 Å². The third kappa shape index (κ3) is 1.79. The number of aryl methyl sites for hydroxylation is 2. The summed E-state index contributed by atoms with van der Waals surface area (Å²) >= 11 is 6.17. The summed E-state index contributed by atoms with van der Waals surface area (Å²) in [5.41, 5.74) is 2.30. The first-order valence-corrected chi connectivity index (χ1v) is 5.45. The Bertz CT molecular complexity index is 326. The molecule has 3 nitrogen and oxygen atoms in total. The van der Waals surface area contributed by atoms with Crippen molar-refractivity contribution in [2.45, 2.75) is 19.8 Å². The van der Waals surface area contributed by atoms with Crippen molar-refractivity contribution < 1.29 is 0 Å². The molecule has 1 aliphatic rings. The lowest BCUT2D eigenvalue weighted by molar-refractivity contribution is 0.578. The molecule has 0 bridgehead atoms. The molecule has 1 unspecified atom stereocenters. The van der Waals surface area contributed by atoms with Crippen molar-refractivity contribution in [3.63, 3.8) is 0 Å². The number of aromatic nitrogens is 2. The molecule has 1 aliphatic heterocycles. The van der Waals surface area contributed by atoms with Gasteiger partial charge in [0.25, 0.3) is 0 Å². The number of nitrogens with zero attached hydrogens (tertiary/aromatic N) is 2. The smallest absolute Gasteiger partial charge is 0.130 e. The number of hydrogen-bond donors (Lipinski definition) is 1. The second-order valence-electron chi connectivity index (χ2n) is 4.04. The van der Waals surface area contributed by atoms with E-state index in [0.717, 1.165) is 36.3 Å². The van der Waals surface area contributed by atoms with Crippen LogP contribution in [0.1, 0.15) is 17.7 Å². The number of hydrogen-bond acceptors (Lipinski definition) is 2. The molecule has 2 rings (SSSR count). The van der Waals surface area contributed by atoms with Gasteiger partial charge in [0.05, 0.1) is 5.69 Å². The summed E-state index contributed by atoms with van der Waals surface area (Å²) in [6.45, 7) is 4.29. The van der Waals surface area contributed by atoms with Crippen molar-refractivity contribution >= 4 is 11.6 Å². The first-order chi connectivity index (χ1) is 6.68. The van der Waals surface area contributed by atoms with Gasteiger partial charge in [0, 0.05) is 12.6 Å². The Kier molecular flexibility index (Phi) is 2.79. The molecule has 14 heavy (non-hydrogen) atoms. The van der Waals surface area contributed by atoms with Crippen LogP contribution in [0.2, 0.25) is 5.15 Å². The maximum absolute atomic E-state index is 6.17. The van der Waals surface area contributed by atoms with Gasteiger partial charge >= 0.3 is 0 Å². The third-order valence-corrected chi connectivity index (χ3v) is 3.40. The van der Waals surface area contributed by atoms with E-state index in [1.54, 1.807) is 4.68 Å². The highest BCUT2D eigenvalue weighted by Gasteiger charge is 2.19. The maximum Gasteiger partial charge on any atom is 0.130 e. The van der Waals surface area contributed by atoms with Crippen LogP contribution in [0.4, 0.5) is 0 Å². The Hall–Kier alpha value is -0.540. The van der Waals surface area contributed by atoms with Crippen LogP contribution in [-0.2, 0) is 13.5 Å². The highest BCUT2D eigenvalue weighted by atomic mass is 35.5. The van der Waals surface area contributed by atoms with Gasteiger partial charge in [-0.25, -0.2) is 0 Å². The third-order valence-electron chi connectivity index (χ3n) is 2.93. The summed E-state index contributed by atoms with van der Waals surface area (Å²) in [6, 6.07) is 0. The lowest BCUT2D eigenvalue weighted by Crippen LogP contribution is -2.11. The highest BCUT2D eigenvalue weighted by Crippen LogP contribution is 2.24. The van der Waals surface area contributed by atoms with Gasteiger partial charge < -0.3 is 5.32 Å². The number of halogens is 1. The van der Waals surface area contributed by atoms with Crippen LogP contribution in [-0.4, -0.2) is 22.9 Å². The van der Waals surface area contributed by atoms with E-state index in [2.05, 4.69) is 10.4 Å². The van der Waals surface area contributed by atoms with Crippen LogP contribution < -0.4 is 5.32 Å². The number of nitrogens with one attached hydrogen (secondary N) is 1. The zero-order valence-corrected chi connectivity index (χ0v) is 9.43. The standard InChI is InChI=1S/C10H16ClN3/c1-7-9(10(11)14(2)13-7)5-8-3-4-12-6-8/h8,12H,3-6H2,1-2H3. The van der Waals surface area contributed by atoms with E-state index in [4.69, 9.17) is 11.6 Å². The van der Waals surface area contributed by atoms with Gasteiger partial charge in [0.2, 0.25) is 0 Å². The zero-order valence-electron chi connectivity index (χ0n) is 8.68. The Morgan fingerprint density at radius 3 is 2.93 bits per heavy atom. The van der Waals surface area contributed by atoms with Gasteiger partial charge in [-0.1, -0.05) is 11.6 Å². The first kappa shape index (κ1) is 9.99. The predicted octanol–water partition coefficient (Wildman–Crippen LogP) is 1.53. The fraction of sp³-hybridized carbons (Fsp3) is 0.700. The van der Waals surface area contributed by atoms with E-state index in [1.807, 2.05) is 14.0 Å². The first-order valence-electron chi connectivity index (χ1n) is 5.07. The second-order valence-corrected chi connectivity index (χ2v) is 4.40. The van der Waals surface area contributed by atoms with Crippen molar-refractivity contribution in [3.8, 4) is 0 Å². The summed E-state index contributed by atoms with van der Waals surface area (Å²) in [7, 11) is 1.89. The van der Waals surface area contributed by atoms with Crippen LogP contribution in [0.15, 0.2) is 0 Å². The minimum Gasteiger partial charge on any atom is -0.316 e. The maximum atomic E-state index is 6.17. The van der Waals surface area contributed by atoms with Gasteiger partial charge in [-0.15, -0.1) is 0 Å². The largest absolute Gasteiger partial charge is 0.316 e. The van der Waals surface area contributed by atoms with Crippen LogP contribution in [0.3, 0.4) is 0 Å². The van der Waals surface area contributed by atoms with Crippen LogP contribution in [0.25, 0.3) is 0 Å². The predicted molar refractivity (Wildman–Crippen MR) is 57.6 cm³/mol. The lowest BCUT2D eigenvalue weighted by Gasteiger charge is -2.07. The average molecular weight is 214 g/mol. The molecule has 0 aromatic carbocycles. The molecule has 4 heteroatoms. The van der Waals surface area contributed by atoms with Crippen molar-refractivity contribution in [3.05, 3.63) is 16.4 Å². The summed E-state index contributed by atoms with van der Waals surface area (Å²) in [5.74, 6) is 0.732. The molecule has 1 aromatic heterocycles. The molecular formula is C10H16ClN3. The van der Waals surface area contributed by atoms with Gasteiger partial charge in [-0.05, 0) is 38.8 Å². The van der Waals surface area contributed by atoms with E-state index in [9.17, 15) is 0 Å². The van der Waals surface area contributed by atoms with Crippen molar-refractivity contribution in [2.24, 2.45) is 13.0 Å². The summed E-state index contributed by atoms with van der Waals surface area (Å²) in [4.78, 5) is 0. The Labute approximate surface area is 89.4 Å². The molecule has 1 atom stereocenters. The van der Waals surface area contributed by atoms with E-state index in [-0.39, 0.29) is 0 Å². The van der Waals surface area contributed by atoms with Gasteiger partial charge in [-0.3, -0.25) is 4.68 Å². The normalized spacial score (nSPS) is 21.8. The van der Waals surface area contributed by atoms with E-state index in [0.29, 0.717) is 0 Å². The molecular weight excluding hydrogens is 198 g/mol. The summed E-state index contributed by atoms with van der Waals surface area (Å²) in [6.07, 6.45) is 2.32.